The summed E-state index contributed by atoms with van der Waals surface area (Å²) in [6.07, 6.45) is 2.95. The van der Waals surface area contributed by atoms with Crippen molar-refractivity contribution in [3.05, 3.63) is 33.8 Å². The molecular formula is C15H17Cl2NO3. The standard InChI is InChI=1S/C15H17Cl2NO3/c1-15(8-3-2-6-10(15)14(20)21)18-13(19)9-5-4-7-11(16)12(9)17/h4-5,7,10H,2-3,6,8H2,1H3,(H,18,19)(H,20,21). The van der Waals surface area contributed by atoms with Crippen molar-refractivity contribution in [2.24, 2.45) is 5.92 Å². The lowest BCUT2D eigenvalue weighted by Gasteiger charge is -2.39. The Morgan fingerprint density at radius 2 is 2.05 bits per heavy atom. The van der Waals surface area contributed by atoms with Crippen molar-refractivity contribution >= 4 is 35.1 Å². The molecule has 0 heterocycles. The van der Waals surface area contributed by atoms with E-state index >= 15 is 0 Å². The average molecular weight is 330 g/mol. The van der Waals surface area contributed by atoms with Gasteiger partial charge in [-0.1, -0.05) is 42.1 Å². The molecule has 0 spiro atoms. The van der Waals surface area contributed by atoms with Gasteiger partial charge < -0.3 is 10.4 Å². The zero-order chi connectivity index (χ0) is 15.6. The Balaban J connectivity index is 2.24. The maximum absolute atomic E-state index is 12.4. The lowest BCUT2D eigenvalue weighted by Crippen LogP contribution is -2.55. The number of carbonyl (C=O) groups is 2. The van der Waals surface area contributed by atoms with E-state index in [1.807, 2.05) is 0 Å². The number of halogens is 2. The smallest absolute Gasteiger partial charge is 0.308 e. The first-order valence-electron chi connectivity index (χ1n) is 6.84. The van der Waals surface area contributed by atoms with Crippen LogP contribution in [-0.4, -0.2) is 22.5 Å². The molecule has 1 aromatic rings. The predicted molar refractivity (Wildman–Crippen MR) is 81.9 cm³/mol. The molecule has 1 aliphatic carbocycles. The summed E-state index contributed by atoms with van der Waals surface area (Å²) in [5.74, 6) is -1.86. The second-order valence-electron chi connectivity index (χ2n) is 5.61. The Hall–Kier alpha value is -1.26. The topological polar surface area (TPSA) is 66.4 Å². The summed E-state index contributed by atoms with van der Waals surface area (Å²) < 4.78 is 0. The number of rotatable bonds is 3. The molecule has 2 rings (SSSR count). The minimum Gasteiger partial charge on any atom is -0.481 e. The molecule has 1 saturated carbocycles. The van der Waals surface area contributed by atoms with E-state index in [-0.39, 0.29) is 10.6 Å². The van der Waals surface area contributed by atoms with Crippen LogP contribution in [0.15, 0.2) is 18.2 Å². The molecule has 2 N–H and O–H groups in total. The third-order valence-corrected chi connectivity index (χ3v) is 4.92. The number of carboxylic acid groups (broad SMARTS) is 1. The van der Waals surface area contributed by atoms with Crippen LogP contribution in [0.2, 0.25) is 10.0 Å². The van der Waals surface area contributed by atoms with Gasteiger partial charge in [-0.2, -0.15) is 0 Å². The fraction of sp³-hybridized carbons (Fsp3) is 0.467. The molecule has 1 aromatic carbocycles. The molecule has 2 atom stereocenters. The van der Waals surface area contributed by atoms with Crippen LogP contribution < -0.4 is 5.32 Å². The highest BCUT2D eigenvalue weighted by Gasteiger charge is 2.42. The Labute approximate surface area is 133 Å². The number of aliphatic carboxylic acids is 1. The minimum absolute atomic E-state index is 0.183. The Morgan fingerprint density at radius 1 is 1.33 bits per heavy atom. The highest BCUT2D eigenvalue weighted by Crippen LogP contribution is 2.35. The van der Waals surface area contributed by atoms with Crippen molar-refractivity contribution < 1.29 is 14.7 Å². The first kappa shape index (κ1) is 16.1. The predicted octanol–water partition coefficient (Wildman–Crippen LogP) is 3.76. The van der Waals surface area contributed by atoms with Crippen LogP contribution in [0.1, 0.15) is 43.0 Å². The van der Waals surface area contributed by atoms with Gasteiger partial charge in [-0.3, -0.25) is 9.59 Å². The van der Waals surface area contributed by atoms with Gasteiger partial charge in [0.2, 0.25) is 0 Å². The van der Waals surface area contributed by atoms with E-state index in [9.17, 15) is 14.7 Å². The SMILES string of the molecule is CC1(NC(=O)c2cccc(Cl)c2Cl)CCCCC1C(=O)O. The van der Waals surface area contributed by atoms with E-state index in [1.54, 1.807) is 25.1 Å². The molecule has 1 amide bonds. The second-order valence-corrected chi connectivity index (χ2v) is 6.39. The van der Waals surface area contributed by atoms with E-state index in [0.717, 1.165) is 12.8 Å². The molecule has 21 heavy (non-hydrogen) atoms. The summed E-state index contributed by atoms with van der Waals surface area (Å²) in [7, 11) is 0. The van der Waals surface area contributed by atoms with E-state index in [2.05, 4.69) is 5.32 Å². The quantitative estimate of drug-likeness (QED) is 0.887. The zero-order valence-electron chi connectivity index (χ0n) is 11.7. The fourth-order valence-corrected chi connectivity index (χ4v) is 3.27. The van der Waals surface area contributed by atoms with Crippen LogP contribution in [0.25, 0.3) is 0 Å². The van der Waals surface area contributed by atoms with E-state index in [4.69, 9.17) is 23.2 Å². The van der Waals surface area contributed by atoms with Gasteiger partial charge in [-0.25, -0.2) is 0 Å². The summed E-state index contributed by atoms with van der Waals surface area (Å²) in [6, 6.07) is 4.82. The molecule has 1 aliphatic rings. The van der Waals surface area contributed by atoms with Crippen molar-refractivity contribution in [2.45, 2.75) is 38.1 Å². The molecule has 4 nitrogen and oxygen atoms in total. The van der Waals surface area contributed by atoms with Gasteiger partial charge >= 0.3 is 5.97 Å². The summed E-state index contributed by atoms with van der Waals surface area (Å²) in [5.41, 5.74) is -0.507. The first-order valence-corrected chi connectivity index (χ1v) is 7.60. The number of nitrogens with one attached hydrogen (secondary N) is 1. The first-order chi connectivity index (χ1) is 9.85. The number of carbonyl (C=O) groups excluding carboxylic acids is 1. The maximum atomic E-state index is 12.4. The largest absolute Gasteiger partial charge is 0.481 e. The van der Waals surface area contributed by atoms with Crippen molar-refractivity contribution in [3.63, 3.8) is 0 Å². The molecule has 1 fully saturated rings. The molecule has 114 valence electrons. The molecule has 0 bridgehead atoms. The van der Waals surface area contributed by atoms with Crippen LogP contribution in [0.3, 0.4) is 0 Å². The van der Waals surface area contributed by atoms with Crippen LogP contribution in [-0.2, 0) is 4.79 Å². The van der Waals surface area contributed by atoms with Gasteiger partial charge in [0.25, 0.3) is 5.91 Å². The van der Waals surface area contributed by atoms with Gasteiger partial charge in [0.1, 0.15) is 0 Å². The summed E-state index contributed by atoms with van der Waals surface area (Å²) in [6.45, 7) is 1.78. The van der Waals surface area contributed by atoms with Crippen molar-refractivity contribution in [3.8, 4) is 0 Å². The van der Waals surface area contributed by atoms with Crippen LogP contribution >= 0.6 is 23.2 Å². The summed E-state index contributed by atoms with van der Waals surface area (Å²) >= 11 is 11.9. The second kappa shape index (κ2) is 6.24. The number of hydrogen-bond donors (Lipinski definition) is 2. The van der Waals surface area contributed by atoms with Gasteiger partial charge in [0.15, 0.2) is 0 Å². The Morgan fingerprint density at radius 3 is 2.71 bits per heavy atom. The Bertz CT molecular complexity index is 576. The minimum atomic E-state index is -0.880. The third kappa shape index (κ3) is 3.33. The molecule has 6 heteroatoms. The highest BCUT2D eigenvalue weighted by atomic mass is 35.5. The molecule has 2 unspecified atom stereocenters. The van der Waals surface area contributed by atoms with E-state index < -0.39 is 23.3 Å². The lowest BCUT2D eigenvalue weighted by atomic mass is 9.73. The van der Waals surface area contributed by atoms with E-state index in [1.165, 1.54) is 0 Å². The highest BCUT2D eigenvalue weighted by molar-refractivity contribution is 6.43. The number of hydrogen-bond acceptors (Lipinski definition) is 2. The van der Waals surface area contributed by atoms with Gasteiger partial charge in [0, 0.05) is 0 Å². The molecule has 0 aromatic heterocycles. The van der Waals surface area contributed by atoms with Crippen LogP contribution in [0.4, 0.5) is 0 Å². The molecule has 0 aliphatic heterocycles. The van der Waals surface area contributed by atoms with Crippen LogP contribution in [0, 0.1) is 5.92 Å². The third-order valence-electron chi connectivity index (χ3n) is 4.10. The number of carboxylic acids is 1. The Kier molecular flexibility index (Phi) is 4.79. The number of amides is 1. The summed E-state index contributed by atoms with van der Waals surface area (Å²) in [4.78, 5) is 23.8. The van der Waals surface area contributed by atoms with Gasteiger partial charge in [0.05, 0.1) is 27.1 Å². The molecule has 0 radical (unpaired) electrons. The van der Waals surface area contributed by atoms with Gasteiger partial charge in [-0.15, -0.1) is 0 Å². The van der Waals surface area contributed by atoms with Crippen molar-refractivity contribution in [2.75, 3.05) is 0 Å². The molecular weight excluding hydrogens is 313 g/mol. The maximum Gasteiger partial charge on any atom is 0.308 e. The number of benzene rings is 1. The molecule has 0 saturated heterocycles. The van der Waals surface area contributed by atoms with Crippen molar-refractivity contribution in [1.82, 2.24) is 5.32 Å². The van der Waals surface area contributed by atoms with Crippen molar-refractivity contribution in [1.29, 1.82) is 0 Å². The lowest BCUT2D eigenvalue weighted by molar-refractivity contribution is -0.145. The van der Waals surface area contributed by atoms with E-state index in [0.29, 0.717) is 17.9 Å². The normalized spacial score (nSPS) is 25.4. The zero-order valence-corrected chi connectivity index (χ0v) is 13.2. The van der Waals surface area contributed by atoms with Gasteiger partial charge in [-0.05, 0) is 31.9 Å². The summed E-state index contributed by atoms with van der Waals surface area (Å²) in [5, 5.41) is 12.7. The van der Waals surface area contributed by atoms with Crippen LogP contribution in [0.5, 0.6) is 0 Å². The monoisotopic (exact) mass is 329 g/mol. The average Bonchev–Trinajstić information content (AvgIpc) is 2.41. The fourth-order valence-electron chi connectivity index (χ4n) is 2.88.